The molecule has 0 radical (unpaired) electrons. The van der Waals surface area contributed by atoms with Gasteiger partial charge in [-0.25, -0.2) is 4.68 Å². The Balaban J connectivity index is 1.55. The standard InChI is InChI=1S/C17H17N5OS/c18-22-16(14-9-5-2-6-10-14)20-21-17(22)24-12-15(23)19-11-13-7-3-1-4-8-13/h1-10H,11-12,18H2,(H,19,23). The lowest BCUT2D eigenvalue weighted by atomic mass is 10.2. The molecular formula is C17H17N5OS. The highest BCUT2D eigenvalue weighted by Gasteiger charge is 2.13. The first-order valence-electron chi connectivity index (χ1n) is 7.43. The van der Waals surface area contributed by atoms with E-state index in [1.165, 1.54) is 16.4 Å². The van der Waals surface area contributed by atoms with Crippen LogP contribution in [0, 0.1) is 0 Å². The van der Waals surface area contributed by atoms with E-state index in [1.807, 2.05) is 60.7 Å². The predicted molar refractivity (Wildman–Crippen MR) is 94.6 cm³/mol. The van der Waals surface area contributed by atoms with Gasteiger partial charge in [0.2, 0.25) is 11.1 Å². The van der Waals surface area contributed by atoms with Crippen molar-refractivity contribution in [1.82, 2.24) is 20.2 Å². The van der Waals surface area contributed by atoms with Crippen LogP contribution in [0.5, 0.6) is 0 Å². The number of carbonyl (C=O) groups excluding carboxylic acids is 1. The van der Waals surface area contributed by atoms with Gasteiger partial charge in [-0.1, -0.05) is 72.4 Å². The second-order valence-corrected chi connectivity index (χ2v) is 6.04. The smallest absolute Gasteiger partial charge is 0.230 e. The lowest BCUT2D eigenvalue weighted by molar-refractivity contribution is -0.118. The van der Waals surface area contributed by atoms with E-state index in [0.717, 1.165) is 11.1 Å². The summed E-state index contributed by atoms with van der Waals surface area (Å²) in [5.41, 5.74) is 1.94. The summed E-state index contributed by atoms with van der Waals surface area (Å²) in [6.45, 7) is 0.505. The number of nitrogens with zero attached hydrogens (tertiary/aromatic N) is 3. The van der Waals surface area contributed by atoms with E-state index in [-0.39, 0.29) is 11.7 Å². The number of hydrogen-bond donors (Lipinski definition) is 2. The number of nitrogen functional groups attached to an aromatic ring is 1. The summed E-state index contributed by atoms with van der Waals surface area (Å²) in [7, 11) is 0. The van der Waals surface area contributed by atoms with Crippen molar-refractivity contribution in [3.05, 3.63) is 66.2 Å². The van der Waals surface area contributed by atoms with Gasteiger partial charge in [-0.2, -0.15) is 0 Å². The van der Waals surface area contributed by atoms with Crippen molar-refractivity contribution in [2.45, 2.75) is 11.7 Å². The van der Waals surface area contributed by atoms with Crippen molar-refractivity contribution in [1.29, 1.82) is 0 Å². The molecule has 3 aromatic rings. The average molecular weight is 339 g/mol. The molecule has 0 saturated heterocycles. The molecule has 1 amide bonds. The van der Waals surface area contributed by atoms with Gasteiger partial charge >= 0.3 is 0 Å². The number of aromatic nitrogens is 3. The van der Waals surface area contributed by atoms with Gasteiger partial charge in [0.05, 0.1) is 5.75 Å². The number of amides is 1. The van der Waals surface area contributed by atoms with Crippen LogP contribution in [0.25, 0.3) is 11.4 Å². The third kappa shape index (κ3) is 3.94. The van der Waals surface area contributed by atoms with E-state index in [2.05, 4.69) is 15.5 Å². The summed E-state index contributed by atoms with van der Waals surface area (Å²) in [5.74, 6) is 6.76. The van der Waals surface area contributed by atoms with Crippen LogP contribution in [0.4, 0.5) is 0 Å². The SMILES string of the molecule is Nn1c(SCC(=O)NCc2ccccc2)nnc1-c1ccccc1. The Morgan fingerprint density at radius 1 is 1.04 bits per heavy atom. The Labute approximate surface area is 144 Å². The lowest BCUT2D eigenvalue weighted by Gasteiger charge is -2.05. The van der Waals surface area contributed by atoms with Gasteiger partial charge in [-0.05, 0) is 5.56 Å². The third-order valence-corrected chi connectivity index (χ3v) is 4.30. The first-order chi connectivity index (χ1) is 11.7. The minimum absolute atomic E-state index is 0.0758. The fourth-order valence-electron chi connectivity index (χ4n) is 2.14. The van der Waals surface area contributed by atoms with Gasteiger partial charge in [0.15, 0.2) is 5.82 Å². The van der Waals surface area contributed by atoms with Crippen molar-refractivity contribution in [2.24, 2.45) is 0 Å². The van der Waals surface area contributed by atoms with Crippen LogP contribution < -0.4 is 11.2 Å². The van der Waals surface area contributed by atoms with Crippen LogP contribution in [-0.4, -0.2) is 26.5 Å². The molecule has 24 heavy (non-hydrogen) atoms. The highest BCUT2D eigenvalue weighted by Crippen LogP contribution is 2.20. The molecule has 7 heteroatoms. The zero-order chi connectivity index (χ0) is 16.8. The van der Waals surface area contributed by atoms with Gasteiger partial charge in [0, 0.05) is 12.1 Å². The van der Waals surface area contributed by atoms with E-state index in [4.69, 9.17) is 5.84 Å². The van der Waals surface area contributed by atoms with Gasteiger partial charge in [-0.15, -0.1) is 10.2 Å². The normalized spacial score (nSPS) is 10.5. The number of hydrogen-bond acceptors (Lipinski definition) is 5. The number of rotatable bonds is 6. The highest BCUT2D eigenvalue weighted by molar-refractivity contribution is 7.99. The molecular weight excluding hydrogens is 322 g/mol. The molecule has 3 N–H and O–H groups in total. The van der Waals surface area contributed by atoms with Crippen molar-refractivity contribution >= 4 is 17.7 Å². The molecule has 1 heterocycles. The van der Waals surface area contributed by atoms with E-state index >= 15 is 0 Å². The lowest BCUT2D eigenvalue weighted by Crippen LogP contribution is -2.25. The van der Waals surface area contributed by atoms with Crippen LogP contribution >= 0.6 is 11.8 Å². The number of nitrogens with two attached hydrogens (primary N) is 1. The maximum Gasteiger partial charge on any atom is 0.230 e. The van der Waals surface area contributed by atoms with Crippen LogP contribution in [0.1, 0.15) is 5.56 Å². The van der Waals surface area contributed by atoms with Gasteiger partial charge in [0.1, 0.15) is 0 Å². The van der Waals surface area contributed by atoms with Crippen molar-refractivity contribution in [2.75, 3.05) is 11.6 Å². The maximum atomic E-state index is 11.9. The van der Waals surface area contributed by atoms with Gasteiger partial charge in [0.25, 0.3) is 0 Å². The van der Waals surface area contributed by atoms with Crippen molar-refractivity contribution < 1.29 is 4.79 Å². The van der Waals surface area contributed by atoms with E-state index < -0.39 is 0 Å². The summed E-state index contributed by atoms with van der Waals surface area (Å²) >= 11 is 1.26. The molecule has 0 unspecified atom stereocenters. The minimum atomic E-state index is -0.0758. The Morgan fingerprint density at radius 2 is 1.71 bits per heavy atom. The van der Waals surface area contributed by atoms with E-state index in [1.54, 1.807) is 0 Å². The fraction of sp³-hybridized carbons (Fsp3) is 0.118. The quantitative estimate of drug-likeness (QED) is 0.530. The molecule has 6 nitrogen and oxygen atoms in total. The molecule has 122 valence electrons. The van der Waals surface area contributed by atoms with E-state index in [0.29, 0.717) is 17.5 Å². The molecule has 0 bridgehead atoms. The van der Waals surface area contributed by atoms with Crippen molar-refractivity contribution in [3.63, 3.8) is 0 Å². The summed E-state index contributed by atoms with van der Waals surface area (Å²) in [4.78, 5) is 11.9. The fourth-order valence-corrected chi connectivity index (χ4v) is 2.82. The Hall–Kier alpha value is -2.80. The van der Waals surface area contributed by atoms with Gasteiger partial charge < -0.3 is 11.2 Å². The molecule has 0 atom stereocenters. The van der Waals surface area contributed by atoms with Crippen LogP contribution in [-0.2, 0) is 11.3 Å². The zero-order valence-corrected chi connectivity index (χ0v) is 13.7. The van der Waals surface area contributed by atoms with Crippen LogP contribution in [0.2, 0.25) is 0 Å². The summed E-state index contributed by atoms with van der Waals surface area (Å²) in [6.07, 6.45) is 0. The number of benzene rings is 2. The second-order valence-electron chi connectivity index (χ2n) is 5.09. The van der Waals surface area contributed by atoms with Gasteiger partial charge in [-0.3, -0.25) is 4.79 Å². The molecule has 1 aromatic heterocycles. The molecule has 0 aliphatic rings. The average Bonchev–Trinajstić information content (AvgIpc) is 3.00. The molecule has 2 aromatic carbocycles. The first-order valence-corrected chi connectivity index (χ1v) is 8.42. The molecule has 0 aliphatic heterocycles. The van der Waals surface area contributed by atoms with Crippen molar-refractivity contribution in [3.8, 4) is 11.4 Å². The monoisotopic (exact) mass is 339 g/mol. The molecule has 3 rings (SSSR count). The third-order valence-electron chi connectivity index (χ3n) is 3.36. The molecule has 0 fully saturated rings. The van der Waals surface area contributed by atoms with Crippen LogP contribution in [0.15, 0.2) is 65.8 Å². The highest BCUT2D eigenvalue weighted by atomic mass is 32.2. The minimum Gasteiger partial charge on any atom is -0.351 e. The largest absolute Gasteiger partial charge is 0.351 e. The van der Waals surface area contributed by atoms with E-state index in [9.17, 15) is 4.79 Å². The maximum absolute atomic E-state index is 11.9. The second kappa shape index (κ2) is 7.65. The summed E-state index contributed by atoms with van der Waals surface area (Å²) in [5, 5.41) is 11.5. The summed E-state index contributed by atoms with van der Waals surface area (Å²) < 4.78 is 1.41. The number of carbonyl (C=O) groups is 1. The predicted octanol–water partition coefficient (Wildman–Crippen LogP) is 2.07. The summed E-state index contributed by atoms with van der Waals surface area (Å²) in [6, 6.07) is 19.3. The Bertz CT molecular complexity index is 804. The Morgan fingerprint density at radius 3 is 2.42 bits per heavy atom. The molecule has 0 spiro atoms. The zero-order valence-electron chi connectivity index (χ0n) is 12.9. The molecule has 0 saturated carbocycles. The first kappa shape index (κ1) is 16.1. The topological polar surface area (TPSA) is 85.8 Å². The van der Waals surface area contributed by atoms with Crippen LogP contribution in [0.3, 0.4) is 0 Å². The Kier molecular flexibility index (Phi) is 5.12. The number of thioether (sulfide) groups is 1. The number of nitrogens with one attached hydrogen (secondary N) is 1. The molecule has 0 aliphatic carbocycles.